The number of nitrogens with zero attached hydrogens (tertiary/aromatic N) is 2. The standard InChI is InChI=1S/C28H26N4O2S2/c1-19-8-7-9-20(18-19)30-24(33)15-17-32-27(26(31-28(32)35)22-12-5-6-16-29-22)23-13-14-25(34-23)36-21-10-3-2-4-11-21/h2-14,16,18,26-27H,15,17H2,1H3,(H,30,33)(H,31,35). The van der Waals surface area contributed by atoms with E-state index < -0.39 is 0 Å². The Labute approximate surface area is 220 Å². The number of aryl methyl sites for hydroxylation is 1. The normalized spacial score (nSPS) is 17.1. The maximum atomic E-state index is 12.7. The fraction of sp³-hybridized carbons (Fsp3) is 0.179. The van der Waals surface area contributed by atoms with E-state index in [0.717, 1.165) is 32.7 Å². The molecule has 1 aliphatic heterocycles. The molecule has 2 N–H and O–H groups in total. The Balaban J connectivity index is 1.36. The van der Waals surface area contributed by atoms with Gasteiger partial charge in [-0.2, -0.15) is 0 Å². The first-order valence-electron chi connectivity index (χ1n) is 11.7. The molecule has 2 atom stereocenters. The van der Waals surface area contributed by atoms with Crippen molar-refractivity contribution < 1.29 is 9.21 Å². The van der Waals surface area contributed by atoms with Crippen LogP contribution >= 0.6 is 24.0 Å². The number of thiocarbonyl (C=S) groups is 1. The molecule has 0 bridgehead atoms. The summed E-state index contributed by atoms with van der Waals surface area (Å²) in [6.45, 7) is 2.44. The lowest BCUT2D eigenvalue weighted by Gasteiger charge is -2.25. The lowest BCUT2D eigenvalue weighted by atomic mass is 10.0. The molecule has 0 radical (unpaired) electrons. The third kappa shape index (κ3) is 5.61. The number of aromatic nitrogens is 1. The summed E-state index contributed by atoms with van der Waals surface area (Å²) in [5.74, 6) is 0.707. The van der Waals surface area contributed by atoms with Crippen LogP contribution in [-0.2, 0) is 4.79 Å². The minimum atomic E-state index is -0.232. The Kier molecular flexibility index (Phi) is 7.34. The second-order valence-electron chi connectivity index (χ2n) is 8.56. The first kappa shape index (κ1) is 24.1. The molecule has 0 saturated carbocycles. The van der Waals surface area contributed by atoms with Gasteiger partial charge in [-0.25, -0.2) is 0 Å². The SMILES string of the molecule is Cc1cccc(NC(=O)CCN2C(=S)NC(c3ccccn3)C2c2ccc(Sc3ccccc3)o2)c1. The molecule has 2 unspecified atom stereocenters. The van der Waals surface area contributed by atoms with E-state index in [1.807, 2.05) is 84.6 Å². The first-order chi connectivity index (χ1) is 17.6. The molecule has 1 fully saturated rings. The van der Waals surface area contributed by atoms with Gasteiger partial charge < -0.3 is 20.0 Å². The molecule has 5 rings (SSSR count). The van der Waals surface area contributed by atoms with E-state index >= 15 is 0 Å². The van der Waals surface area contributed by atoms with Gasteiger partial charge in [0.1, 0.15) is 11.8 Å². The number of amides is 1. The topological polar surface area (TPSA) is 70.4 Å². The fourth-order valence-electron chi connectivity index (χ4n) is 4.28. The number of pyridine rings is 1. The average Bonchev–Trinajstić information content (AvgIpc) is 3.47. The highest BCUT2D eigenvalue weighted by Crippen LogP contribution is 2.41. The molecule has 8 heteroatoms. The molecule has 1 aliphatic rings. The minimum absolute atomic E-state index is 0.0665. The second-order valence-corrected chi connectivity index (χ2v) is 10.0. The van der Waals surface area contributed by atoms with Crippen LogP contribution < -0.4 is 10.6 Å². The highest BCUT2D eigenvalue weighted by atomic mass is 32.2. The third-order valence-electron chi connectivity index (χ3n) is 5.93. The quantitative estimate of drug-likeness (QED) is 0.274. The summed E-state index contributed by atoms with van der Waals surface area (Å²) in [6, 6.07) is 27.2. The molecule has 6 nitrogen and oxygen atoms in total. The minimum Gasteiger partial charge on any atom is -0.452 e. The zero-order valence-electron chi connectivity index (χ0n) is 19.8. The van der Waals surface area contributed by atoms with Crippen molar-refractivity contribution in [3.05, 3.63) is 108 Å². The van der Waals surface area contributed by atoms with Gasteiger partial charge in [-0.15, -0.1) is 0 Å². The predicted octanol–water partition coefficient (Wildman–Crippen LogP) is 6.14. The van der Waals surface area contributed by atoms with Crippen LogP contribution in [0.3, 0.4) is 0 Å². The lowest BCUT2D eigenvalue weighted by Crippen LogP contribution is -2.32. The van der Waals surface area contributed by atoms with Crippen LogP contribution in [0.25, 0.3) is 0 Å². The van der Waals surface area contributed by atoms with Crippen LogP contribution in [-0.4, -0.2) is 27.4 Å². The van der Waals surface area contributed by atoms with Crippen LogP contribution in [0.5, 0.6) is 0 Å². The molecular formula is C28H26N4O2S2. The Morgan fingerprint density at radius 1 is 1.08 bits per heavy atom. The second kappa shape index (κ2) is 11.0. The van der Waals surface area contributed by atoms with Crippen molar-refractivity contribution in [3.63, 3.8) is 0 Å². The average molecular weight is 515 g/mol. The molecule has 2 aromatic carbocycles. The largest absolute Gasteiger partial charge is 0.452 e. The third-order valence-corrected chi connectivity index (χ3v) is 7.22. The smallest absolute Gasteiger partial charge is 0.226 e. The zero-order valence-corrected chi connectivity index (χ0v) is 21.4. The Bertz CT molecular complexity index is 1340. The summed E-state index contributed by atoms with van der Waals surface area (Å²) in [5, 5.41) is 7.76. The Hall–Kier alpha value is -3.62. The van der Waals surface area contributed by atoms with Crippen molar-refractivity contribution in [3.8, 4) is 0 Å². The van der Waals surface area contributed by atoms with Gasteiger partial charge in [-0.05, 0) is 73.2 Å². The van der Waals surface area contributed by atoms with Gasteiger partial charge in [0, 0.05) is 29.7 Å². The van der Waals surface area contributed by atoms with E-state index in [9.17, 15) is 4.79 Å². The molecule has 182 valence electrons. The summed E-state index contributed by atoms with van der Waals surface area (Å²) in [6.07, 6.45) is 2.06. The van der Waals surface area contributed by atoms with Crippen molar-refractivity contribution >= 4 is 40.7 Å². The van der Waals surface area contributed by atoms with Gasteiger partial charge in [0.2, 0.25) is 5.91 Å². The van der Waals surface area contributed by atoms with Crippen molar-refractivity contribution in [2.45, 2.75) is 35.4 Å². The van der Waals surface area contributed by atoms with Gasteiger partial charge in [0.05, 0.1) is 11.7 Å². The fourth-order valence-corrected chi connectivity index (χ4v) is 5.41. The van der Waals surface area contributed by atoms with Crippen LogP contribution in [0.4, 0.5) is 5.69 Å². The molecule has 0 spiro atoms. The van der Waals surface area contributed by atoms with E-state index in [4.69, 9.17) is 16.6 Å². The monoisotopic (exact) mass is 514 g/mol. The Morgan fingerprint density at radius 2 is 1.92 bits per heavy atom. The van der Waals surface area contributed by atoms with Crippen LogP contribution in [0, 0.1) is 6.92 Å². The molecule has 36 heavy (non-hydrogen) atoms. The molecule has 4 aromatic rings. The van der Waals surface area contributed by atoms with E-state index in [1.54, 1.807) is 18.0 Å². The maximum Gasteiger partial charge on any atom is 0.226 e. The highest BCUT2D eigenvalue weighted by Gasteiger charge is 2.41. The number of rotatable bonds is 8. The number of furan rings is 1. The lowest BCUT2D eigenvalue weighted by molar-refractivity contribution is -0.116. The van der Waals surface area contributed by atoms with Gasteiger partial charge in [0.15, 0.2) is 10.2 Å². The summed E-state index contributed by atoms with van der Waals surface area (Å²) in [7, 11) is 0. The summed E-state index contributed by atoms with van der Waals surface area (Å²) < 4.78 is 6.31. The van der Waals surface area contributed by atoms with Crippen molar-refractivity contribution in [2.75, 3.05) is 11.9 Å². The van der Waals surface area contributed by atoms with Crippen molar-refractivity contribution in [2.24, 2.45) is 0 Å². The molecule has 0 aliphatic carbocycles. The van der Waals surface area contributed by atoms with E-state index in [-0.39, 0.29) is 24.4 Å². The summed E-state index contributed by atoms with van der Waals surface area (Å²) in [5.41, 5.74) is 2.75. The molecule has 1 saturated heterocycles. The van der Waals surface area contributed by atoms with Crippen LogP contribution in [0.1, 0.15) is 35.5 Å². The van der Waals surface area contributed by atoms with Crippen molar-refractivity contribution in [1.29, 1.82) is 0 Å². The van der Waals surface area contributed by atoms with Gasteiger partial charge in [-0.3, -0.25) is 9.78 Å². The summed E-state index contributed by atoms with van der Waals surface area (Å²) in [4.78, 5) is 20.4. The van der Waals surface area contributed by atoms with E-state index in [2.05, 4.69) is 27.8 Å². The van der Waals surface area contributed by atoms with Gasteiger partial charge in [0.25, 0.3) is 0 Å². The summed E-state index contributed by atoms with van der Waals surface area (Å²) >= 11 is 7.28. The number of carbonyl (C=O) groups excluding carboxylic acids is 1. The number of anilines is 1. The highest BCUT2D eigenvalue weighted by molar-refractivity contribution is 7.99. The van der Waals surface area contributed by atoms with Crippen molar-refractivity contribution in [1.82, 2.24) is 15.2 Å². The van der Waals surface area contributed by atoms with Crippen LogP contribution in [0.2, 0.25) is 0 Å². The Morgan fingerprint density at radius 3 is 2.69 bits per heavy atom. The number of benzene rings is 2. The van der Waals surface area contributed by atoms with E-state index in [1.165, 1.54) is 0 Å². The van der Waals surface area contributed by atoms with Gasteiger partial charge >= 0.3 is 0 Å². The maximum absolute atomic E-state index is 12.7. The molecule has 2 aromatic heterocycles. The van der Waals surface area contributed by atoms with Gasteiger partial charge in [-0.1, -0.05) is 48.2 Å². The molecular weight excluding hydrogens is 488 g/mol. The van der Waals surface area contributed by atoms with Crippen LogP contribution in [0.15, 0.2) is 106 Å². The zero-order chi connectivity index (χ0) is 24.9. The molecule has 1 amide bonds. The number of nitrogens with one attached hydrogen (secondary N) is 2. The predicted molar refractivity (Wildman–Crippen MR) is 146 cm³/mol. The number of carbonyl (C=O) groups is 1. The first-order valence-corrected chi connectivity index (χ1v) is 13.0. The number of hydrogen-bond acceptors (Lipinski definition) is 5. The van der Waals surface area contributed by atoms with E-state index in [0.29, 0.717) is 11.7 Å². The number of hydrogen-bond donors (Lipinski definition) is 2. The molecule has 3 heterocycles.